The molecule has 3 nitrogen and oxygen atoms in total. The second-order valence-electron chi connectivity index (χ2n) is 8.10. The van der Waals surface area contributed by atoms with Crippen LogP contribution in [-0.4, -0.2) is 19.3 Å². The topological polar surface area (TPSA) is 18.8 Å². The predicted octanol–water partition coefficient (Wildman–Crippen LogP) is 6.42. The highest BCUT2D eigenvalue weighted by atomic mass is 15.1. The van der Waals surface area contributed by atoms with Gasteiger partial charge in [-0.15, -0.1) is 0 Å². The smallest absolute Gasteiger partial charge is 0.0631 e. The summed E-state index contributed by atoms with van der Waals surface area (Å²) in [6.45, 7) is 12.8. The molecule has 0 saturated carbocycles. The lowest BCUT2D eigenvalue weighted by Gasteiger charge is -2.20. The van der Waals surface area contributed by atoms with Crippen molar-refractivity contribution < 1.29 is 0 Å². The molecule has 3 heteroatoms. The highest BCUT2D eigenvalue weighted by molar-refractivity contribution is 5.82. The first-order valence-corrected chi connectivity index (χ1v) is 10.9. The maximum absolute atomic E-state index is 4.65. The van der Waals surface area contributed by atoms with E-state index in [1.165, 1.54) is 33.6 Å². The van der Waals surface area contributed by atoms with Crippen LogP contribution in [0.2, 0.25) is 0 Å². The standard InChI is InChI=1S/C27H31N3/c1-5-29(6-2)26-13-9-25(10-14-26)28-17-22-7-11-27(12-8-22)30-18-23-15-20(3)21(4)16-24(23)19-30/h7-17H,5-6,18-19H2,1-4H3. The van der Waals surface area contributed by atoms with E-state index in [4.69, 9.17) is 0 Å². The fourth-order valence-electron chi connectivity index (χ4n) is 4.14. The summed E-state index contributed by atoms with van der Waals surface area (Å²) in [5, 5.41) is 0. The van der Waals surface area contributed by atoms with E-state index < -0.39 is 0 Å². The normalized spacial score (nSPS) is 13.1. The SMILES string of the molecule is CCN(CC)c1ccc(N=Cc2ccc(N3Cc4cc(C)c(C)cc4C3)cc2)cc1. The van der Waals surface area contributed by atoms with Gasteiger partial charge in [-0.05, 0) is 91.9 Å². The summed E-state index contributed by atoms with van der Waals surface area (Å²) in [6.07, 6.45) is 1.95. The van der Waals surface area contributed by atoms with Crippen LogP contribution in [0.25, 0.3) is 0 Å². The average molecular weight is 398 g/mol. The molecule has 30 heavy (non-hydrogen) atoms. The first kappa shape index (κ1) is 20.2. The molecule has 0 amide bonds. The van der Waals surface area contributed by atoms with Crippen LogP contribution in [0.1, 0.15) is 41.7 Å². The van der Waals surface area contributed by atoms with Gasteiger partial charge in [-0.1, -0.05) is 24.3 Å². The van der Waals surface area contributed by atoms with Gasteiger partial charge >= 0.3 is 0 Å². The van der Waals surface area contributed by atoms with Gasteiger partial charge in [0.15, 0.2) is 0 Å². The fourth-order valence-corrected chi connectivity index (χ4v) is 4.14. The third kappa shape index (κ3) is 4.25. The zero-order chi connectivity index (χ0) is 21.1. The van der Waals surface area contributed by atoms with Gasteiger partial charge in [0.05, 0.1) is 5.69 Å². The summed E-state index contributed by atoms with van der Waals surface area (Å²) < 4.78 is 0. The minimum absolute atomic E-state index is 0.982. The first-order valence-electron chi connectivity index (χ1n) is 10.9. The van der Waals surface area contributed by atoms with Crippen LogP contribution < -0.4 is 9.80 Å². The van der Waals surface area contributed by atoms with Gasteiger partial charge in [-0.2, -0.15) is 0 Å². The summed E-state index contributed by atoms with van der Waals surface area (Å²) >= 11 is 0. The maximum atomic E-state index is 4.65. The van der Waals surface area contributed by atoms with Crippen molar-refractivity contribution in [2.75, 3.05) is 22.9 Å². The van der Waals surface area contributed by atoms with Crippen LogP contribution >= 0.6 is 0 Å². The van der Waals surface area contributed by atoms with E-state index >= 15 is 0 Å². The van der Waals surface area contributed by atoms with Gasteiger partial charge in [0.25, 0.3) is 0 Å². The van der Waals surface area contributed by atoms with Crippen LogP contribution in [-0.2, 0) is 13.1 Å². The molecular formula is C27H31N3. The third-order valence-corrected chi connectivity index (χ3v) is 6.14. The van der Waals surface area contributed by atoms with Crippen molar-refractivity contribution in [2.45, 2.75) is 40.8 Å². The number of anilines is 2. The zero-order valence-corrected chi connectivity index (χ0v) is 18.5. The average Bonchev–Trinajstić information content (AvgIpc) is 3.17. The number of aryl methyl sites for hydroxylation is 2. The minimum Gasteiger partial charge on any atom is -0.372 e. The molecule has 3 aromatic carbocycles. The van der Waals surface area contributed by atoms with Gasteiger partial charge < -0.3 is 9.80 Å². The van der Waals surface area contributed by atoms with E-state index in [1.807, 2.05) is 6.21 Å². The van der Waals surface area contributed by atoms with Crippen molar-refractivity contribution in [3.05, 3.63) is 88.5 Å². The van der Waals surface area contributed by atoms with E-state index in [9.17, 15) is 0 Å². The number of nitrogens with zero attached hydrogens (tertiary/aromatic N) is 3. The summed E-state index contributed by atoms with van der Waals surface area (Å²) in [4.78, 5) is 9.43. The first-order chi connectivity index (χ1) is 14.6. The molecule has 0 aliphatic carbocycles. The Bertz CT molecular complexity index is 998. The highest BCUT2D eigenvalue weighted by Gasteiger charge is 2.19. The van der Waals surface area contributed by atoms with Crippen LogP contribution in [0.3, 0.4) is 0 Å². The van der Waals surface area contributed by atoms with E-state index in [0.717, 1.165) is 37.4 Å². The number of hydrogen-bond acceptors (Lipinski definition) is 3. The second kappa shape index (κ2) is 8.74. The van der Waals surface area contributed by atoms with E-state index in [1.54, 1.807) is 0 Å². The van der Waals surface area contributed by atoms with Gasteiger partial charge in [0.2, 0.25) is 0 Å². The van der Waals surface area contributed by atoms with Crippen molar-refractivity contribution in [1.82, 2.24) is 0 Å². The largest absolute Gasteiger partial charge is 0.372 e. The molecule has 0 spiro atoms. The molecule has 3 aromatic rings. The molecule has 1 aliphatic heterocycles. The summed E-state index contributed by atoms with van der Waals surface area (Å²) in [7, 11) is 0. The molecule has 0 aromatic heterocycles. The Morgan fingerprint density at radius 2 is 1.40 bits per heavy atom. The van der Waals surface area contributed by atoms with E-state index in [0.29, 0.717) is 0 Å². The Morgan fingerprint density at radius 3 is 1.93 bits per heavy atom. The molecule has 1 aliphatic rings. The lowest BCUT2D eigenvalue weighted by molar-refractivity contribution is 0.866. The number of benzene rings is 3. The second-order valence-corrected chi connectivity index (χ2v) is 8.10. The maximum Gasteiger partial charge on any atom is 0.0631 e. The summed E-state index contributed by atoms with van der Waals surface area (Å²) in [5.41, 5.74) is 10.3. The number of rotatable bonds is 6. The third-order valence-electron chi connectivity index (χ3n) is 6.14. The summed E-state index contributed by atoms with van der Waals surface area (Å²) in [5.74, 6) is 0. The Balaban J connectivity index is 1.42. The molecule has 0 unspecified atom stereocenters. The van der Waals surface area contributed by atoms with Crippen molar-refractivity contribution in [3.8, 4) is 0 Å². The molecule has 0 fully saturated rings. The molecule has 1 heterocycles. The van der Waals surface area contributed by atoms with Crippen molar-refractivity contribution in [3.63, 3.8) is 0 Å². The molecule has 0 atom stereocenters. The quantitative estimate of drug-likeness (QED) is 0.447. The lowest BCUT2D eigenvalue weighted by atomic mass is 10.0. The molecule has 0 saturated heterocycles. The number of fused-ring (bicyclic) bond motifs is 1. The molecule has 4 rings (SSSR count). The van der Waals surface area contributed by atoms with Crippen LogP contribution in [0.4, 0.5) is 17.1 Å². The minimum atomic E-state index is 0.982. The van der Waals surface area contributed by atoms with Gasteiger partial charge in [0.1, 0.15) is 0 Å². The van der Waals surface area contributed by atoms with Gasteiger partial charge in [0, 0.05) is 43.8 Å². The summed E-state index contributed by atoms with van der Waals surface area (Å²) in [6, 6.07) is 21.9. The van der Waals surface area contributed by atoms with Crippen molar-refractivity contribution in [1.29, 1.82) is 0 Å². The highest BCUT2D eigenvalue weighted by Crippen LogP contribution is 2.30. The molecule has 0 bridgehead atoms. The van der Waals surface area contributed by atoms with Gasteiger partial charge in [-0.3, -0.25) is 4.99 Å². The molecule has 0 radical (unpaired) electrons. The Hall–Kier alpha value is -3.07. The van der Waals surface area contributed by atoms with Gasteiger partial charge in [-0.25, -0.2) is 0 Å². The van der Waals surface area contributed by atoms with Crippen molar-refractivity contribution >= 4 is 23.3 Å². The molecular weight excluding hydrogens is 366 g/mol. The Labute approximate surface area is 180 Å². The van der Waals surface area contributed by atoms with Crippen molar-refractivity contribution in [2.24, 2.45) is 4.99 Å². The molecule has 154 valence electrons. The number of aliphatic imine (C=N–C) groups is 1. The Morgan fingerprint density at radius 1 is 0.833 bits per heavy atom. The Kier molecular flexibility index (Phi) is 5.89. The van der Waals surface area contributed by atoms with Crippen LogP contribution in [0.15, 0.2) is 65.7 Å². The fraction of sp³-hybridized carbons (Fsp3) is 0.296. The monoisotopic (exact) mass is 397 g/mol. The zero-order valence-electron chi connectivity index (χ0n) is 18.5. The van der Waals surface area contributed by atoms with E-state index in [-0.39, 0.29) is 0 Å². The predicted molar refractivity (Wildman–Crippen MR) is 130 cm³/mol. The molecule has 0 N–H and O–H groups in total. The number of hydrogen-bond donors (Lipinski definition) is 0. The van der Waals surface area contributed by atoms with Crippen LogP contribution in [0, 0.1) is 13.8 Å². The van der Waals surface area contributed by atoms with Crippen LogP contribution in [0.5, 0.6) is 0 Å². The lowest BCUT2D eigenvalue weighted by Crippen LogP contribution is -2.21. The van der Waals surface area contributed by atoms with E-state index in [2.05, 4.69) is 103 Å².